The van der Waals surface area contributed by atoms with E-state index in [4.69, 9.17) is 0 Å². The van der Waals surface area contributed by atoms with Gasteiger partial charge in [0.1, 0.15) is 5.69 Å². The van der Waals surface area contributed by atoms with E-state index in [2.05, 4.69) is 10.3 Å². The molecule has 1 fully saturated rings. The number of nitrogens with zero attached hydrogens (tertiary/aromatic N) is 3. The van der Waals surface area contributed by atoms with Crippen LogP contribution in [-0.4, -0.2) is 21.3 Å². The molecule has 4 nitrogen and oxygen atoms in total. The normalized spacial score (nSPS) is 15.9. The molecular weight excluding hydrogens is 204 g/mol. The van der Waals surface area contributed by atoms with Gasteiger partial charge in [-0.3, -0.25) is 4.79 Å². The summed E-state index contributed by atoms with van der Waals surface area (Å²) in [7, 11) is 0. The molecule has 1 aliphatic rings. The second-order valence-electron chi connectivity index (χ2n) is 3.73. The minimum atomic E-state index is -2.69. The van der Waals surface area contributed by atoms with Crippen LogP contribution >= 0.6 is 0 Å². The monoisotopic (exact) mass is 215 g/mol. The first-order chi connectivity index (χ1) is 7.22. The molecule has 0 radical (unpaired) electrons. The number of carbonyl (C=O) groups excluding carboxylic acids is 1. The Morgan fingerprint density at radius 2 is 2.27 bits per heavy atom. The van der Waals surface area contributed by atoms with E-state index in [1.54, 1.807) is 0 Å². The predicted octanol–water partition coefficient (Wildman–Crippen LogP) is 1.83. The van der Waals surface area contributed by atoms with Crippen LogP contribution in [0.1, 0.15) is 41.9 Å². The van der Waals surface area contributed by atoms with Gasteiger partial charge in [-0.05, 0) is 12.3 Å². The molecular formula is C9H11F2N3O. The van der Waals surface area contributed by atoms with Gasteiger partial charge in [0, 0.05) is 6.54 Å². The molecule has 0 spiro atoms. The Morgan fingerprint density at radius 3 is 2.80 bits per heavy atom. The van der Waals surface area contributed by atoms with Crippen molar-refractivity contribution in [2.45, 2.75) is 32.2 Å². The zero-order valence-electron chi connectivity index (χ0n) is 8.07. The Labute approximate surface area is 85.3 Å². The summed E-state index contributed by atoms with van der Waals surface area (Å²) in [6.45, 7) is 0.422. The summed E-state index contributed by atoms with van der Waals surface area (Å²) in [5, 5.41) is 6.98. The molecule has 1 heterocycles. The number of hydrogen-bond donors (Lipinski definition) is 0. The lowest BCUT2D eigenvalue weighted by Crippen LogP contribution is -2.07. The third-order valence-electron chi connectivity index (χ3n) is 2.57. The fraction of sp³-hybridized carbons (Fsp3) is 0.667. The van der Waals surface area contributed by atoms with Crippen molar-refractivity contribution in [1.82, 2.24) is 15.0 Å². The molecule has 0 unspecified atom stereocenters. The fourth-order valence-electron chi connectivity index (χ4n) is 1.52. The highest BCUT2D eigenvalue weighted by Gasteiger charge is 2.24. The summed E-state index contributed by atoms with van der Waals surface area (Å²) in [6, 6.07) is 0. The van der Waals surface area contributed by atoms with Gasteiger partial charge in [-0.2, -0.15) is 0 Å². The number of carbonyl (C=O) groups is 1. The smallest absolute Gasteiger partial charge is 0.282 e. The summed E-state index contributed by atoms with van der Waals surface area (Å²) in [6.07, 6.45) is 0.793. The van der Waals surface area contributed by atoms with E-state index in [9.17, 15) is 13.6 Å². The topological polar surface area (TPSA) is 47.8 Å². The standard InChI is InChI=1S/C9H11F2N3O/c10-9(11)8-7(5-15)12-13-14(8)4-3-6-1-2-6/h5-6,9H,1-4H2. The van der Waals surface area contributed by atoms with Crippen LogP contribution in [0.15, 0.2) is 0 Å². The fourth-order valence-corrected chi connectivity index (χ4v) is 1.52. The largest absolute Gasteiger partial charge is 0.296 e. The first-order valence-corrected chi connectivity index (χ1v) is 4.89. The number of aryl methyl sites for hydroxylation is 1. The van der Waals surface area contributed by atoms with Crippen molar-refractivity contribution in [3.8, 4) is 0 Å². The molecule has 0 aliphatic heterocycles. The highest BCUT2D eigenvalue weighted by molar-refractivity contribution is 5.73. The Hall–Kier alpha value is -1.33. The van der Waals surface area contributed by atoms with E-state index in [1.165, 1.54) is 12.8 Å². The van der Waals surface area contributed by atoms with E-state index in [0.717, 1.165) is 11.1 Å². The van der Waals surface area contributed by atoms with Gasteiger partial charge in [0.25, 0.3) is 6.43 Å². The van der Waals surface area contributed by atoms with Crippen molar-refractivity contribution in [1.29, 1.82) is 0 Å². The average molecular weight is 215 g/mol. The Kier molecular flexibility index (Phi) is 2.75. The maximum atomic E-state index is 12.6. The summed E-state index contributed by atoms with van der Waals surface area (Å²) >= 11 is 0. The minimum absolute atomic E-state index is 0.249. The highest BCUT2D eigenvalue weighted by Crippen LogP contribution is 2.33. The molecule has 2 rings (SSSR count). The van der Waals surface area contributed by atoms with Crippen LogP contribution in [-0.2, 0) is 6.54 Å². The molecule has 0 atom stereocenters. The Bertz CT molecular complexity index is 360. The molecule has 0 amide bonds. The predicted molar refractivity (Wildman–Crippen MR) is 47.7 cm³/mol. The van der Waals surface area contributed by atoms with E-state index in [0.29, 0.717) is 18.7 Å². The number of aldehydes is 1. The molecule has 0 N–H and O–H groups in total. The van der Waals surface area contributed by atoms with Gasteiger partial charge < -0.3 is 0 Å². The van der Waals surface area contributed by atoms with Crippen molar-refractivity contribution in [3.63, 3.8) is 0 Å². The number of hydrogen-bond acceptors (Lipinski definition) is 3. The van der Waals surface area contributed by atoms with Crippen molar-refractivity contribution in [3.05, 3.63) is 11.4 Å². The van der Waals surface area contributed by atoms with Gasteiger partial charge in [0.15, 0.2) is 12.0 Å². The lowest BCUT2D eigenvalue weighted by atomic mass is 10.3. The first-order valence-electron chi connectivity index (χ1n) is 4.89. The second-order valence-corrected chi connectivity index (χ2v) is 3.73. The maximum absolute atomic E-state index is 12.6. The molecule has 15 heavy (non-hydrogen) atoms. The summed E-state index contributed by atoms with van der Waals surface area (Å²) < 4.78 is 26.3. The minimum Gasteiger partial charge on any atom is -0.296 e. The van der Waals surface area contributed by atoms with Crippen LogP contribution in [0.2, 0.25) is 0 Å². The number of rotatable bonds is 5. The Morgan fingerprint density at radius 1 is 1.53 bits per heavy atom. The van der Waals surface area contributed by atoms with Gasteiger partial charge >= 0.3 is 0 Å². The Balaban J connectivity index is 2.13. The van der Waals surface area contributed by atoms with Crippen molar-refractivity contribution in [2.75, 3.05) is 0 Å². The number of aromatic nitrogens is 3. The van der Waals surface area contributed by atoms with E-state index >= 15 is 0 Å². The van der Waals surface area contributed by atoms with Gasteiger partial charge in [0.2, 0.25) is 0 Å². The van der Waals surface area contributed by atoms with E-state index < -0.39 is 6.43 Å². The SMILES string of the molecule is O=Cc1nnn(CCC2CC2)c1C(F)F. The second kappa shape index (κ2) is 4.04. The molecule has 1 aromatic heterocycles. The maximum Gasteiger partial charge on any atom is 0.282 e. The number of alkyl halides is 2. The van der Waals surface area contributed by atoms with Gasteiger partial charge in [-0.1, -0.05) is 18.1 Å². The molecule has 0 bridgehead atoms. The third-order valence-corrected chi connectivity index (χ3v) is 2.57. The van der Waals surface area contributed by atoms with Crippen LogP contribution < -0.4 is 0 Å². The summed E-state index contributed by atoms with van der Waals surface area (Å²) in [5.41, 5.74) is -0.605. The molecule has 1 aliphatic carbocycles. The van der Waals surface area contributed by atoms with Crippen LogP contribution in [0.25, 0.3) is 0 Å². The molecule has 6 heteroatoms. The van der Waals surface area contributed by atoms with E-state index in [1.807, 2.05) is 0 Å². The van der Waals surface area contributed by atoms with Crippen LogP contribution in [0.4, 0.5) is 8.78 Å². The highest BCUT2D eigenvalue weighted by atomic mass is 19.3. The van der Waals surface area contributed by atoms with Crippen LogP contribution in [0, 0.1) is 5.92 Å². The summed E-state index contributed by atoms with van der Waals surface area (Å²) in [5.74, 6) is 0.638. The van der Waals surface area contributed by atoms with Gasteiger partial charge in [-0.25, -0.2) is 13.5 Å². The van der Waals surface area contributed by atoms with Crippen molar-refractivity contribution in [2.24, 2.45) is 5.92 Å². The average Bonchev–Trinajstić information content (AvgIpc) is 2.93. The first kappa shape index (κ1) is 10.2. The third kappa shape index (κ3) is 2.19. The summed E-state index contributed by atoms with van der Waals surface area (Å²) in [4.78, 5) is 10.4. The molecule has 1 aromatic rings. The van der Waals surface area contributed by atoms with Crippen molar-refractivity contribution >= 4 is 6.29 Å². The van der Waals surface area contributed by atoms with Crippen LogP contribution in [0.5, 0.6) is 0 Å². The van der Waals surface area contributed by atoms with Gasteiger partial charge in [0.05, 0.1) is 0 Å². The zero-order chi connectivity index (χ0) is 10.8. The van der Waals surface area contributed by atoms with Crippen molar-refractivity contribution < 1.29 is 13.6 Å². The molecule has 82 valence electrons. The van der Waals surface area contributed by atoms with Gasteiger partial charge in [-0.15, -0.1) is 5.10 Å². The lowest BCUT2D eigenvalue weighted by molar-refractivity contribution is 0.109. The van der Waals surface area contributed by atoms with Crippen LogP contribution in [0.3, 0.4) is 0 Å². The molecule has 0 saturated heterocycles. The molecule has 1 saturated carbocycles. The zero-order valence-corrected chi connectivity index (χ0v) is 8.07. The quantitative estimate of drug-likeness (QED) is 0.704. The number of halogens is 2. The lowest BCUT2D eigenvalue weighted by Gasteiger charge is -2.04. The molecule has 0 aromatic carbocycles. The van der Waals surface area contributed by atoms with E-state index in [-0.39, 0.29) is 11.4 Å².